The molecule has 4 aromatic heterocycles. The molecule has 180 valence electrons. The van der Waals surface area contributed by atoms with Crippen molar-refractivity contribution in [2.24, 2.45) is 11.6 Å². The zero-order valence-electron chi connectivity index (χ0n) is 19.1. The van der Waals surface area contributed by atoms with E-state index in [2.05, 4.69) is 15.3 Å². The number of nitrogens with zero attached hydrogens (tertiary/aromatic N) is 5. The molecule has 4 heterocycles. The van der Waals surface area contributed by atoms with Crippen LogP contribution in [0.15, 0.2) is 48.9 Å². The maximum Gasteiger partial charge on any atom is 0.269 e. The minimum absolute atomic E-state index is 0.000939. The van der Waals surface area contributed by atoms with Gasteiger partial charge in [-0.05, 0) is 48.9 Å². The highest BCUT2D eigenvalue weighted by Gasteiger charge is 2.25. The van der Waals surface area contributed by atoms with E-state index >= 15 is 0 Å². The van der Waals surface area contributed by atoms with Gasteiger partial charge < -0.3 is 24.9 Å². The molecule has 1 amide bonds. The van der Waals surface area contributed by atoms with Gasteiger partial charge in [-0.15, -0.1) is 0 Å². The van der Waals surface area contributed by atoms with Crippen molar-refractivity contribution in [3.63, 3.8) is 0 Å². The first-order chi connectivity index (χ1) is 16.8. The molecule has 1 aliphatic rings. The normalized spacial score (nSPS) is 14.0. The topological polar surface area (TPSA) is 136 Å². The van der Waals surface area contributed by atoms with Gasteiger partial charge in [-0.1, -0.05) is 0 Å². The zero-order chi connectivity index (χ0) is 24.7. The van der Waals surface area contributed by atoms with Crippen molar-refractivity contribution in [1.29, 1.82) is 0 Å². The van der Waals surface area contributed by atoms with Crippen LogP contribution in [-0.4, -0.2) is 36.0 Å². The SMILES string of the molecule is Cc1ccn2cnc(CNC(=O)/C(N)=C/N(N)Cc3cn4cc(C5CC5)cc(C=O)c4n3)c2c1F. The number of nitrogens with one attached hydrogen (secondary N) is 1. The van der Waals surface area contributed by atoms with E-state index in [9.17, 15) is 14.0 Å². The van der Waals surface area contributed by atoms with Gasteiger partial charge in [-0.3, -0.25) is 9.59 Å². The minimum atomic E-state index is -0.568. The van der Waals surface area contributed by atoms with Crippen LogP contribution in [0.4, 0.5) is 4.39 Å². The third-order valence-corrected chi connectivity index (χ3v) is 6.06. The average Bonchev–Trinajstić information content (AvgIpc) is 3.48. The summed E-state index contributed by atoms with van der Waals surface area (Å²) in [6.07, 6.45) is 11.3. The molecular weight excluding hydrogens is 451 g/mol. The maximum absolute atomic E-state index is 14.5. The minimum Gasteiger partial charge on any atom is -0.393 e. The van der Waals surface area contributed by atoms with Crippen LogP contribution in [-0.2, 0) is 17.9 Å². The number of aldehydes is 1. The summed E-state index contributed by atoms with van der Waals surface area (Å²) >= 11 is 0. The second-order valence-electron chi connectivity index (χ2n) is 8.78. The Balaban J connectivity index is 1.26. The number of aromatic nitrogens is 4. The number of pyridine rings is 2. The predicted octanol–water partition coefficient (Wildman–Crippen LogP) is 1.91. The molecule has 11 heteroatoms. The summed E-state index contributed by atoms with van der Waals surface area (Å²) in [5, 5.41) is 3.88. The first-order valence-electron chi connectivity index (χ1n) is 11.2. The number of aryl methyl sites for hydroxylation is 1. The lowest BCUT2D eigenvalue weighted by atomic mass is 10.1. The van der Waals surface area contributed by atoms with E-state index < -0.39 is 5.91 Å². The molecule has 1 aliphatic carbocycles. The molecule has 4 aromatic rings. The van der Waals surface area contributed by atoms with Gasteiger partial charge in [0.2, 0.25) is 0 Å². The van der Waals surface area contributed by atoms with Gasteiger partial charge in [0.15, 0.2) is 12.1 Å². The largest absolute Gasteiger partial charge is 0.393 e. The Hall–Kier alpha value is -4.25. The van der Waals surface area contributed by atoms with Crippen molar-refractivity contribution in [2.75, 3.05) is 0 Å². The molecule has 0 saturated heterocycles. The highest BCUT2D eigenvalue weighted by Crippen LogP contribution is 2.40. The lowest BCUT2D eigenvalue weighted by molar-refractivity contribution is -0.117. The van der Waals surface area contributed by atoms with Crippen LogP contribution in [0.1, 0.15) is 51.6 Å². The Morgan fingerprint density at radius 3 is 2.89 bits per heavy atom. The molecule has 0 aromatic carbocycles. The Kier molecular flexibility index (Phi) is 5.69. The summed E-state index contributed by atoms with van der Waals surface area (Å²) in [5.74, 6) is 5.58. The van der Waals surface area contributed by atoms with Crippen LogP contribution >= 0.6 is 0 Å². The molecule has 0 spiro atoms. The maximum atomic E-state index is 14.5. The first kappa shape index (κ1) is 22.5. The number of amides is 1. The summed E-state index contributed by atoms with van der Waals surface area (Å²) in [7, 11) is 0. The highest BCUT2D eigenvalue weighted by atomic mass is 19.1. The van der Waals surface area contributed by atoms with Crippen LogP contribution in [0.25, 0.3) is 11.2 Å². The standard InChI is InChI=1S/C24H25FN8O2/c1-14-4-5-31-13-29-20(22(31)21(14)25)7-28-24(35)19(26)11-33(27)10-18-9-32-8-16(15-2-3-15)6-17(12-34)23(32)30-18/h4-6,8-9,11-13,15H,2-3,7,10,26-27H2,1H3,(H,28,35)/b19-11-. The molecular formula is C24H25FN8O2. The number of hydrogen-bond acceptors (Lipinski definition) is 7. The number of carbonyl (C=O) groups excluding carboxylic acids is 2. The Morgan fingerprint density at radius 2 is 2.14 bits per heavy atom. The lowest BCUT2D eigenvalue weighted by Gasteiger charge is -2.13. The molecule has 1 saturated carbocycles. The van der Waals surface area contributed by atoms with E-state index in [4.69, 9.17) is 11.6 Å². The van der Waals surface area contributed by atoms with Crippen LogP contribution in [0.5, 0.6) is 0 Å². The van der Waals surface area contributed by atoms with Crippen molar-refractivity contribution in [1.82, 2.24) is 29.1 Å². The predicted molar refractivity (Wildman–Crippen MR) is 126 cm³/mol. The van der Waals surface area contributed by atoms with Crippen molar-refractivity contribution in [3.8, 4) is 0 Å². The van der Waals surface area contributed by atoms with Gasteiger partial charge in [0, 0.05) is 24.8 Å². The van der Waals surface area contributed by atoms with Crippen molar-refractivity contribution < 1.29 is 14.0 Å². The third kappa shape index (κ3) is 4.45. The number of imidazole rings is 2. The van der Waals surface area contributed by atoms with Crippen LogP contribution in [0, 0.1) is 12.7 Å². The third-order valence-electron chi connectivity index (χ3n) is 6.06. The van der Waals surface area contributed by atoms with E-state index in [1.54, 1.807) is 29.8 Å². The monoisotopic (exact) mass is 476 g/mol. The fourth-order valence-electron chi connectivity index (χ4n) is 4.07. The van der Waals surface area contributed by atoms with Gasteiger partial charge in [-0.25, -0.2) is 20.2 Å². The number of nitrogens with two attached hydrogens (primary N) is 2. The van der Waals surface area contributed by atoms with Crippen LogP contribution in [0.3, 0.4) is 0 Å². The van der Waals surface area contributed by atoms with E-state index in [0.29, 0.717) is 39.6 Å². The molecule has 5 N–H and O–H groups in total. The van der Waals surface area contributed by atoms with E-state index in [-0.39, 0.29) is 24.6 Å². The van der Waals surface area contributed by atoms with Crippen molar-refractivity contribution in [2.45, 2.75) is 38.8 Å². The van der Waals surface area contributed by atoms with Gasteiger partial charge in [0.05, 0.1) is 36.4 Å². The molecule has 5 rings (SSSR count). The summed E-state index contributed by atoms with van der Waals surface area (Å²) in [5.41, 5.74) is 9.78. The van der Waals surface area contributed by atoms with Crippen LogP contribution < -0.4 is 16.9 Å². The van der Waals surface area contributed by atoms with Gasteiger partial charge >= 0.3 is 0 Å². The van der Waals surface area contributed by atoms with Crippen molar-refractivity contribution >= 4 is 23.4 Å². The number of carbonyl (C=O) groups is 2. The fraction of sp³-hybridized carbons (Fsp3) is 0.250. The number of halogens is 1. The Bertz CT molecular complexity index is 1480. The quantitative estimate of drug-likeness (QED) is 0.153. The number of hydrogen-bond donors (Lipinski definition) is 3. The fourth-order valence-corrected chi connectivity index (χ4v) is 4.07. The smallest absolute Gasteiger partial charge is 0.269 e. The van der Waals surface area contributed by atoms with E-state index in [0.717, 1.165) is 24.7 Å². The first-order valence-corrected chi connectivity index (χ1v) is 11.2. The van der Waals surface area contributed by atoms with Crippen LogP contribution in [0.2, 0.25) is 0 Å². The van der Waals surface area contributed by atoms with Gasteiger partial charge in [-0.2, -0.15) is 0 Å². The Morgan fingerprint density at radius 1 is 1.34 bits per heavy atom. The molecule has 1 fully saturated rings. The van der Waals surface area contributed by atoms with Gasteiger partial charge in [0.25, 0.3) is 5.91 Å². The molecule has 0 radical (unpaired) electrons. The summed E-state index contributed by atoms with van der Waals surface area (Å²) in [6, 6.07) is 3.54. The molecule has 0 bridgehead atoms. The number of rotatable bonds is 8. The summed E-state index contributed by atoms with van der Waals surface area (Å²) in [6.45, 7) is 1.83. The second kappa shape index (κ2) is 8.84. The van der Waals surface area contributed by atoms with E-state index in [1.165, 1.54) is 17.5 Å². The molecule has 0 unspecified atom stereocenters. The summed E-state index contributed by atoms with van der Waals surface area (Å²) in [4.78, 5) is 32.7. The molecule has 0 atom stereocenters. The second-order valence-corrected chi connectivity index (χ2v) is 8.78. The lowest BCUT2D eigenvalue weighted by Crippen LogP contribution is -2.32. The molecule has 10 nitrogen and oxygen atoms in total. The zero-order valence-corrected chi connectivity index (χ0v) is 19.1. The van der Waals surface area contributed by atoms with Crippen molar-refractivity contribution in [3.05, 3.63) is 82.8 Å². The van der Waals surface area contributed by atoms with E-state index in [1.807, 2.05) is 16.7 Å². The highest BCUT2D eigenvalue weighted by molar-refractivity contribution is 5.92. The van der Waals surface area contributed by atoms with Gasteiger partial charge in [0.1, 0.15) is 16.9 Å². The molecule has 0 aliphatic heterocycles. The number of hydrazine groups is 1. The Labute approximate surface area is 200 Å². The summed E-state index contributed by atoms with van der Waals surface area (Å²) < 4.78 is 17.9. The number of fused-ring (bicyclic) bond motifs is 2. The molecule has 35 heavy (non-hydrogen) atoms. The average molecular weight is 477 g/mol.